The highest BCUT2D eigenvalue weighted by Crippen LogP contribution is 2.77. The fourth-order valence-electron chi connectivity index (χ4n) is 11.7. The minimum atomic E-state index is -0.501. The highest BCUT2D eigenvalue weighted by atomic mass is 35.5. The highest BCUT2D eigenvalue weighted by molar-refractivity contribution is 6.50. The molecule has 5 saturated carbocycles. The molecule has 0 atom stereocenters. The van der Waals surface area contributed by atoms with E-state index >= 15 is 0 Å². The van der Waals surface area contributed by atoms with Crippen LogP contribution in [-0.4, -0.2) is 29.8 Å². The third-order valence-corrected chi connectivity index (χ3v) is 16.6. The number of hydrogen-bond acceptors (Lipinski definition) is 2. The van der Waals surface area contributed by atoms with Gasteiger partial charge in [-0.1, -0.05) is 90.9 Å². The minimum Gasteiger partial charge on any atom is -0.378 e. The van der Waals surface area contributed by atoms with Crippen molar-refractivity contribution < 1.29 is 9.47 Å². The summed E-state index contributed by atoms with van der Waals surface area (Å²) in [6.07, 6.45) is 42.7. The summed E-state index contributed by atoms with van der Waals surface area (Å²) < 4.78 is 12.2. The molecule has 0 aliphatic heterocycles. The molecule has 2 spiro atoms. The molecule has 0 bridgehead atoms. The Morgan fingerprint density at radius 2 is 0.729 bits per heavy atom. The first-order valence-electron chi connectivity index (χ1n) is 22.0. The van der Waals surface area contributed by atoms with E-state index in [9.17, 15) is 0 Å². The molecule has 5 aliphatic rings. The summed E-state index contributed by atoms with van der Waals surface area (Å²) in [4.78, 5) is 0. The second-order valence-corrected chi connectivity index (χ2v) is 19.4. The van der Waals surface area contributed by atoms with E-state index in [1.807, 2.05) is 0 Å². The van der Waals surface area contributed by atoms with Gasteiger partial charge in [-0.25, -0.2) is 0 Å². The molecule has 0 aromatic heterocycles. The first-order valence-corrected chi connectivity index (χ1v) is 22.8. The average Bonchev–Trinajstić information content (AvgIpc) is 3.12. The topological polar surface area (TPSA) is 18.5 Å². The van der Waals surface area contributed by atoms with E-state index in [0.717, 1.165) is 36.9 Å². The second-order valence-electron chi connectivity index (χ2n) is 18.0. The molecule has 0 heterocycles. The van der Waals surface area contributed by atoms with Gasteiger partial charge < -0.3 is 9.47 Å². The summed E-state index contributed by atoms with van der Waals surface area (Å²) in [6.45, 7) is 6.57. The van der Waals surface area contributed by atoms with E-state index in [1.54, 1.807) is 0 Å². The van der Waals surface area contributed by atoms with Gasteiger partial charge in [0.05, 0.1) is 12.2 Å². The monoisotopic (exact) mass is 709 g/mol. The molecule has 2 nitrogen and oxygen atoms in total. The van der Waals surface area contributed by atoms with Crippen LogP contribution < -0.4 is 0 Å². The number of rotatable bonds is 20. The maximum Gasteiger partial charge on any atom is 0.129 e. The quantitative estimate of drug-likeness (QED) is 0.0925. The SMILES string of the molecule is CCCCCCCCCOC1CCC(C2CC[C@]3(CC2)C[C@@]2(CC[C@H](C4CCC(OCCCCCCCCC)CC4)CC2)C3(Cl)Cl)CC1. The molecule has 280 valence electrons. The predicted molar refractivity (Wildman–Crippen MR) is 207 cm³/mol. The van der Waals surface area contributed by atoms with Crippen LogP contribution in [0.5, 0.6) is 0 Å². The molecule has 0 aromatic carbocycles. The van der Waals surface area contributed by atoms with Crippen molar-refractivity contribution in [1.82, 2.24) is 0 Å². The van der Waals surface area contributed by atoms with Crippen LogP contribution in [0.15, 0.2) is 0 Å². The van der Waals surface area contributed by atoms with Crippen LogP contribution in [0.1, 0.15) is 213 Å². The summed E-state index contributed by atoms with van der Waals surface area (Å²) in [5.74, 6) is 3.61. The van der Waals surface area contributed by atoms with Gasteiger partial charge in [-0.2, -0.15) is 0 Å². The lowest BCUT2D eigenvalue weighted by Gasteiger charge is -2.69. The molecule has 0 amide bonds. The van der Waals surface area contributed by atoms with Crippen molar-refractivity contribution in [3.05, 3.63) is 0 Å². The standard InChI is InChI=1S/C44H78Cl2O2/c1-3-5-7-9-11-13-15-33-47-40-21-17-36(18-22-40)38-25-29-42(30-26-38)35-43(44(42,45)46)31-27-39(28-32-43)37-19-23-41(24-20-37)48-34-16-14-12-10-8-6-4-2/h36-41H,3-35H2,1-2H3/t36?,37?,38-,39?,40?,41?,42-,43-. The molecule has 5 aliphatic carbocycles. The van der Waals surface area contributed by atoms with E-state index in [-0.39, 0.29) is 10.8 Å². The Kier molecular flexibility index (Phi) is 16.6. The Balaban J connectivity index is 0.928. The molecular weight excluding hydrogens is 631 g/mol. The van der Waals surface area contributed by atoms with Crippen molar-refractivity contribution in [2.45, 2.75) is 229 Å². The van der Waals surface area contributed by atoms with Crippen LogP contribution in [-0.2, 0) is 9.47 Å². The Bertz CT molecular complexity index is 789. The predicted octanol–water partition coefficient (Wildman–Crippen LogP) is 14.6. The van der Waals surface area contributed by atoms with Crippen LogP contribution in [0.2, 0.25) is 0 Å². The van der Waals surface area contributed by atoms with Gasteiger partial charge in [-0.15, -0.1) is 23.2 Å². The van der Waals surface area contributed by atoms with E-state index in [1.165, 1.54) is 199 Å². The van der Waals surface area contributed by atoms with Gasteiger partial charge in [-0.3, -0.25) is 0 Å². The zero-order valence-corrected chi connectivity index (χ0v) is 33.4. The van der Waals surface area contributed by atoms with Gasteiger partial charge >= 0.3 is 0 Å². The van der Waals surface area contributed by atoms with Crippen molar-refractivity contribution in [3.63, 3.8) is 0 Å². The van der Waals surface area contributed by atoms with Crippen molar-refractivity contribution in [2.24, 2.45) is 34.5 Å². The highest BCUT2D eigenvalue weighted by Gasteiger charge is 2.72. The Morgan fingerprint density at radius 1 is 0.417 bits per heavy atom. The lowest BCUT2D eigenvalue weighted by molar-refractivity contribution is -0.123. The molecule has 48 heavy (non-hydrogen) atoms. The average molecular weight is 710 g/mol. The number of hydrogen-bond donors (Lipinski definition) is 0. The molecule has 0 radical (unpaired) electrons. The molecule has 0 unspecified atom stereocenters. The third-order valence-electron chi connectivity index (χ3n) is 15.0. The number of unbranched alkanes of at least 4 members (excludes halogenated alkanes) is 12. The van der Waals surface area contributed by atoms with E-state index in [0.29, 0.717) is 12.2 Å². The van der Waals surface area contributed by atoms with Crippen LogP contribution in [0.25, 0.3) is 0 Å². The lowest BCUT2D eigenvalue weighted by Crippen LogP contribution is -2.66. The van der Waals surface area contributed by atoms with E-state index < -0.39 is 4.33 Å². The Labute approximate surface area is 308 Å². The van der Waals surface area contributed by atoms with Crippen molar-refractivity contribution >= 4 is 23.2 Å². The van der Waals surface area contributed by atoms with Gasteiger partial charge in [0.1, 0.15) is 4.33 Å². The van der Waals surface area contributed by atoms with Gasteiger partial charge in [0.15, 0.2) is 0 Å². The third kappa shape index (κ3) is 10.3. The summed E-state index contributed by atoms with van der Waals surface area (Å²) in [6, 6.07) is 0. The molecule has 0 aromatic rings. The second kappa shape index (κ2) is 20.1. The minimum absolute atomic E-state index is 0.196. The molecule has 0 N–H and O–H groups in total. The Morgan fingerprint density at radius 3 is 1.06 bits per heavy atom. The van der Waals surface area contributed by atoms with E-state index in [2.05, 4.69) is 13.8 Å². The zero-order valence-electron chi connectivity index (χ0n) is 31.9. The Hall–Kier alpha value is 0.500. The summed E-state index contributed by atoms with van der Waals surface area (Å²) in [7, 11) is 0. The largest absolute Gasteiger partial charge is 0.378 e. The number of halogens is 2. The van der Waals surface area contributed by atoms with Gasteiger partial charge in [-0.05, 0) is 146 Å². The molecule has 0 saturated heterocycles. The first kappa shape index (κ1) is 39.7. The summed E-state index contributed by atoms with van der Waals surface area (Å²) >= 11 is 15.0. The normalized spacial score (nSPS) is 36.8. The van der Waals surface area contributed by atoms with Crippen LogP contribution in [0.3, 0.4) is 0 Å². The molecule has 4 heteroatoms. The lowest BCUT2D eigenvalue weighted by atomic mass is 9.42. The first-order chi connectivity index (χ1) is 23.4. The molecule has 5 rings (SSSR count). The maximum atomic E-state index is 7.52. The fraction of sp³-hybridized carbons (Fsp3) is 1.00. The van der Waals surface area contributed by atoms with Crippen LogP contribution in [0, 0.1) is 34.5 Å². The van der Waals surface area contributed by atoms with Gasteiger partial charge in [0, 0.05) is 24.0 Å². The van der Waals surface area contributed by atoms with Gasteiger partial charge in [0.2, 0.25) is 0 Å². The summed E-state index contributed by atoms with van der Waals surface area (Å²) in [5.41, 5.74) is 0.391. The zero-order chi connectivity index (χ0) is 33.7. The molecule has 5 fully saturated rings. The smallest absolute Gasteiger partial charge is 0.129 e. The molecular formula is C44H78Cl2O2. The van der Waals surface area contributed by atoms with Crippen molar-refractivity contribution in [1.29, 1.82) is 0 Å². The fourth-order valence-corrected chi connectivity index (χ4v) is 12.7. The summed E-state index contributed by atoms with van der Waals surface area (Å²) in [5, 5.41) is 0. The van der Waals surface area contributed by atoms with Gasteiger partial charge in [0.25, 0.3) is 0 Å². The number of alkyl halides is 2. The van der Waals surface area contributed by atoms with Crippen LogP contribution >= 0.6 is 23.2 Å². The number of ether oxygens (including phenoxy) is 2. The van der Waals surface area contributed by atoms with E-state index in [4.69, 9.17) is 32.7 Å². The van der Waals surface area contributed by atoms with Crippen molar-refractivity contribution in [2.75, 3.05) is 13.2 Å². The maximum absolute atomic E-state index is 7.52. The van der Waals surface area contributed by atoms with Crippen molar-refractivity contribution in [3.8, 4) is 0 Å². The van der Waals surface area contributed by atoms with Crippen LogP contribution in [0.4, 0.5) is 0 Å².